The van der Waals surface area contributed by atoms with E-state index in [0.29, 0.717) is 81.2 Å². The number of benzene rings is 1. The molecule has 0 radical (unpaired) electrons. The molecule has 0 atom stereocenters. The van der Waals surface area contributed by atoms with Crippen LogP contribution in [0.3, 0.4) is 0 Å². The van der Waals surface area contributed by atoms with Crippen molar-refractivity contribution in [1.82, 2.24) is 29.8 Å². The molecule has 13 heteroatoms. The maximum Gasteiger partial charge on any atom is 0.239 e. The van der Waals surface area contributed by atoms with Gasteiger partial charge < -0.3 is 15.0 Å². The Morgan fingerprint density at radius 1 is 1.05 bits per heavy atom. The third-order valence-electron chi connectivity index (χ3n) is 6.88. The fourth-order valence-electron chi connectivity index (χ4n) is 4.99. The van der Waals surface area contributed by atoms with Crippen molar-refractivity contribution in [2.75, 3.05) is 37.0 Å². The Hall–Kier alpha value is -3.45. The zero-order valence-corrected chi connectivity index (χ0v) is 21.3. The number of hydrogen-bond donors (Lipinski definition) is 3. The molecule has 0 unspecified atom stereocenters. The first-order chi connectivity index (χ1) is 18.3. The van der Waals surface area contributed by atoms with E-state index < -0.39 is 23.1 Å². The molecule has 1 saturated carbocycles. The van der Waals surface area contributed by atoms with E-state index in [4.69, 9.17) is 4.74 Å². The summed E-state index contributed by atoms with van der Waals surface area (Å²) < 4.78 is 49.7. The average molecular weight is 533 g/mol. The van der Waals surface area contributed by atoms with Gasteiger partial charge in [0.2, 0.25) is 17.8 Å². The van der Waals surface area contributed by atoms with Gasteiger partial charge in [0, 0.05) is 43.2 Å². The molecule has 38 heavy (non-hydrogen) atoms. The molecule has 2 aliphatic rings. The van der Waals surface area contributed by atoms with Crippen LogP contribution in [0.1, 0.15) is 45.6 Å². The van der Waals surface area contributed by atoms with Gasteiger partial charge in [-0.3, -0.25) is 14.8 Å². The standard InChI is InChI=1S/C25H31F3N8O2/c1-14(2)33-34-24-29-13-20-22(32-24)36(25(30-20)31-21-18(27)11-16(26)12-19(21)28)17-5-3-15(4-6-17)23(37)35-7-9-38-10-8-35/h11-15,17,33H,3-10H2,1-2H3,(H,30,31)(H,29,32,34). The Kier molecular flexibility index (Phi) is 7.65. The van der Waals surface area contributed by atoms with Crippen LogP contribution in [0.15, 0.2) is 18.3 Å². The van der Waals surface area contributed by atoms with E-state index in [1.807, 2.05) is 18.7 Å². The number of nitrogens with zero attached hydrogens (tertiary/aromatic N) is 5. The lowest BCUT2D eigenvalue weighted by Crippen LogP contribution is -2.44. The molecular formula is C25H31F3N8O2. The largest absolute Gasteiger partial charge is 0.378 e. The molecular weight excluding hydrogens is 501 g/mol. The van der Waals surface area contributed by atoms with Gasteiger partial charge in [0.05, 0.1) is 19.4 Å². The maximum atomic E-state index is 14.5. The molecule has 5 rings (SSSR count). The van der Waals surface area contributed by atoms with Gasteiger partial charge >= 0.3 is 0 Å². The smallest absolute Gasteiger partial charge is 0.239 e. The van der Waals surface area contributed by atoms with Crippen LogP contribution in [0.4, 0.5) is 30.8 Å². The Balaban J connectivity index is 1.44. The van der Waals surface area contributed by atoms with Gasteiger partial charge in [-0.25, -0.2) is 28.6 Å². The van der Waals surface area contributed by atoms with E-state index in [1.54, 1.807) is 4.57 Å². The Morgan fingerprint density at radius 2 is 1.74 bits per heavy atom. The number of nitrogens with one attached hydrogen (secondary N) is 3. The molecule has 2 fully saturated rings. The van der Waals surface area contributed by atoms with Crippen molar-refractivity contribution >= 4 is 34.7 Å². The first-order valence-corrected chi connectivity index (χ1v) is 12.8. The number of fused-ring (bicyclic) bond motifs is 1. The van der Waals surface area contributed by atoms with E-state index >= 15 is 0 Å². The molecule has 1 saturated heterocycles. The summed E-state index contributed by atoms with van der Waals surface area (Å²) in [7, 11) is 0. The minimum atomic E-state index is -1.07. The topological polar surface area (TPSA) is 109 Å². The number of hydrazine groups is 1. The summed E-state index contributed by atoms with van der Waals surface area (Å²) in [6, 6.07) is 1.21. The summed E-state index contributed by atoms with van der Waals surface area (Å²) in [4.78, 5) is 28.3. The zero-order valence-electron chi connectivity index (χ0n) is 21.3. The highest BCUT2D eigenvalue weighted by Gasteiger charge is 2.33. The summed E-state index contributed by atoms with van der Waals surface area (Å²) in [6.45, 7) is 6.22. The van der Waals surface area contributed by atoms with Crippen molar-refractivity contribution in [3.63, 3.8) is 0 Å². The van der Waals surface area contributed by atoms with Crippen molar-refractivity contribution in [2.24, 2.45) is 5.92 Å². The molecule has 10 nitrogen and oxygen atoms in total. The molecule has 3 N–H and O–H groups in total. The van der Waals surface area contributed by atoms with Crippen LogP contribution in [-0.2, 0) is 9.53 Å². The number of imidazole rings is 1. The van der Waals surface area contributed by atoms with Crippen molar-refractivity contribution in [2.45, 2.75) is 51.6 Å². The second kappa shape index (κ2) is 11.1. The predicted octanol–water partition coefficient (Wildman–Crippen LogP) is 3.90. The third-order valence-corrected chi connectivity index (χ3v) is 6.88. The van der Waals surface area contributed by atoms with E-state index in [9.17, 15) is 18.0 Å². The molecule has 1 amide bonds. The molecule has 1 aliphatic heterocycles. The Morgan fingerprint density at radius 3 is 2.39 bits per heavy atom. The molecule has 0 bridgehead atoms. The average Bonchev–Trinajstić information content (AvgIpc) is 3.27. The SMILES string of the molecule is CC(C)NNc1ncc2nc(Nc3c(F)cc(F)cc3F)n(C3CCC(C(=O)N4CCOCC4)CC3)c2n1. The van der Waals surface area contributed by atoms with Crippen molar-refractivity contribution in [3.8, 4) is 0 Å². The normalized spacial score (nSPS) is 20.2. The van der Waals surface area contributed by atoms with Crippen LogP contribution in [0.2, 0.25) is 0 Å². The van der Waals surface area contributed by atoms with Crippen LogP contribution in [0, 0.1) is 23.4 Å². The first-order valence-electron chi connectivity index (χ1n) is 12.8. The molecule has 2 aromatic heterocycles. The molecule has 1 aromatic carbocycles. The van der Waals surface area contributed by atoms with Crippen molar-refractivity contribution < 1.29 is 22.7 Å². The van der Waals surface area contributed by atoms with E-state index in [1.165, 1.54) is 6.20 Å². The number of aromatic nitrogens is 4. The van der Waals surface area contributed by atoms with E-state index in [0.717, 1.165) is 0 Å². The van der Waals surface area contributed by atoms with Crippen LogP contribution in [0.25, 0.3) is 11.2 Å². The lowest BCUT2D eigenvalue weighted by Gasteiger charge is -2.34. The van der Waals surface area contributed by atoms with Gasteiger partial charge in [0.25, 0.3) is 0 Å². The second-order valence-electron chi connectivity index (χ2n) is 9.94. The number of anilines is 3. The summed E-state index contributed by atoms with van der Waals surface area (Å²) in [6.07, 6.45) is 4.13. The molecule has 0 spiro atoms. The number of carbonyl (C=O) groups excluding carboxylic acids is 1. The van der Waals surface area contributed by atoms with Gasteiger partial charge in [-0.15, -0.1) is 0 Å². The minimum absolute atomic E-state index is 0.0929. The minimum Gasteiger partial charge on any atom is -0.378 e. The third kappa shape index (κ3) is 5.53. The van der Waals surface area contributed by atoms with Crippen LogP contribution >= 0.6 is 0 Å². The van der Waals surface area contributed by atoms with Gasteiger partial charge in [0.1, 0.15) is 17.0 Å². The monoisotopic (exact) mass is 532 g/mol. The summed E-state index contributed by atoms with van der Waals surface area (Å²) in [5.41, 5.74) is 6.38. The van der Waals surface area contributed by atoms with Crippen LogP contribution in [-0.4, -0.2) is 62.7 Å². The number of hydrogen-bond acceptors (Lipinski definition) is 8. The quantitative estimate of drug-likeness (QED) is 0.393. The van der Waals surface area contributed by atoms with Crippen molar-refractivity contribution in [3.05, 3.63) is 35.8 Å². The van der Waals surface area contributed by atoms with Crippen LogP contribution in [0.5, 0.6) is 0 Å². The number of rotatable bonds is 7. The lowest BCUT2D eigenvalue weighted by molar-refractivity contribution is -0.140. The number of morpholine rings is 1. The van der Waals surface area contributed by atoms with Gasteiger partial charge in [-0.2, -0.15) is 4.98 Å². The first kappa shape index (κ1) is 26.2. The fourth-order valence-corrected chi connectivity index (χ4v) is 4.99. The van der Waals surface area contributed by atoms with E-state index in [2.05, 4.69) is 31.1 Å². The zero-order chi connectivity index (χ0) is 26.8. The Bertz CT molecular complexity index is 1280. The predicted molar refractivity (Wildman–Crippen MR) is 135 cm³/mol. The highest BCUT2D eigenvalue weighted by Crippen LogP contribution is 2.38. The van der Waals surface area contributed by atoms with Crippen LogP contribution < -0.4 is 16.2 Å². The number of amides is 1. The number of halogens is 3. The Labute approximate surface area is 217 Å². The number of carbonyl (C=O) groups is 1. The highest BCUT2D eigenvalue weighted by atomic mass is 19.1. The molecule has 3 aromatic rings. The molecule has 204 valence electrons. The fraction of sp³-hybridized carbons (Fsp3) is 0.520. The van der Waals surface area contributed by atoms with Crippen molar-refractivity contribution in [1.29, 1.82) is 0 Å². The van der Waals surface area contributed by atoms with Gasteiger partial charge in [-0.05, 0) is 39.5 Å². The summed E-state index contributed by atoms with van der Waals surface area (Å²) >= 11 is 0. The van der Waals surface area contributed by atoms with Gasteiger partial charge in [0.15, 0.2) is 17.3 Å². The summed E-state index contributed by atoms with van der Waals surface area (Å²) in [5, 5.41) is 2.72. The second-order valence-corrected chi connectivity index (χ2v) is 9.94. The van der Waals surface area contributed by atoms with E-state index in [-0.39, 0.29) is 29.9 Å². The van der Waals surface area contributed by atoms with Gasteiger partial charge in [-0.1, -0.05) is 0 Å². The lowest BCUT2D eigenvalue weighted by atomic mass is 9.85. The highest BCUT2D eigenvalue weighted by molar-refractivity contribution is 5.79. The molecule has 3 heterocycles. The number of ether oxygens (including phenoxy) is 1. The molecule has 1 aliphatic carbocycles. The summed E-state index contributed by atoms with van der Waals surface area (Å²) in [5.74, 6) is -2.63. The maximum absolute atomic E-state index is 14.5.